The van der Waals surface area contributed by atoms with Gasteiger partial charge in [-0.25, -0.2) is 4.68 Å². The van der Waals surface area contributed by atoms with Crippen molar-refractivity contribution >= 4 is 5.69 Å². The molecule has 5 nitrogen and oxygen atoms in total. The van der Waals surface area contributed by atoms with Gasteiger partial charge in [0.1, 0.15) is 0 Å². The molecule has 0 amide bonds. The van der Waals surface area contributed by atoms with Crippen LogP contribution in [0.1, 0.15) is 25.5 Å². The van der Waals surface area contributed by atoms with Gasteiger partial charge in [-0.15, -0.1) is 5.10 Å². The second-order valence-corrected chi connectivity index (χ2v) is 5.53. The third-order valence-corrected chi connectivity index (χ3v) is 4.07. The number of nitrogens with zero attached hydrogens (tertiary/aromatic N) is 4. The molecule has 0 unspecified atom stereocenters. The van der Waals surface area contributed by atoms with E-state index in [-0.39, 0.29) is 0 Å². The second kappa shape index (κ2) is 5.63. The van der Waals surface area contributed by atoms with Crippen LogP contribution in [0.3, 0.4) is 0 Å². The van der Waals surface area contributed by atoms with Gasteiger partial charge in [0.25, 0.3) is 0 Å². The van der Waals surface area contributed by atoms with E-state index in [0.717, 1.165) is 30.4 Å². The van der Waals surface area contributed by atoms with E-state index < -0.39 is 0 Å². The quantitative estimate of drug-likeness (QED) is 0.927. The lowest BCUT2D eigenvalue weighted by Crippen LogP contribution is -2.32. The highest BCUT2D eigenvalue weighted by Crippen LogP contribution is 2.24. The summed E-state index contributed by atoms with van der Waals surface area (Å²) in [5.41, 5.74) is 8.90. The first-order valence-corrected chi connectivity index (χ1v) is 7.23. The van der Waals surface area contributed by atoms with Crippen molar-refractivity contribution in [3.8, 4) is 5.69 Å². The molecule has 0 saturated carbocycles. The summed E-state index contributed by atoms with van der Waals surface area (Å²) in [6, 6.07) is 8.49. The van der Waals surface area contributed by atoms with Crippen LogP contribution < -0.4 is 10.6 Å². The lowest BCUT2D eigenvalue weighted by Gasteiger charge is -2.32. The normalized spacial score (nSPS) is 16.6. The fourth-order valence-corrected chi connectivity index (χ4v) is 2.68. The van der Waals surface area contributed by atoms with Crippen molar-refractivity contribution in [3.63, 3.8) is 0 Å². The van der Waals surface area contributed by atoms with Gasteiger partial charge in [0.05, 0.1) is 17.6 Å². The Kier molecular flexibility index (Phi) is 3.69. The van der Waals surface area contributed by atoms with Gasteiger partial charge in [-0.3, -0.25) is 0 Å². The topological polar surface area (TPSA) is 60.0 Å². The lowest BCUT2D eigenvalue weighted by molar-refractivity contribution is 0.438. The number of anilines is 1. The zero-order valence-corrected chi connectivity index (χ0v) is 11.9. The average Bonchev–Trinajstić information content (AvgIpc) is 2.97. The third-order valence-electron chi connectivity index (χ3n) is 4.07. The lowest BCUT2D eigenvalue weighted by atomic mass is 9.99. The molecule has 1 aliphatic heterocycles. The minimum Gasteiger partial charge on any atom is -0.372 e. The van der Waals surface area contributed by atoms with Crippen LogP contribution in [0.15, 0.2) is 30.5 Å². The maximum Gasteiger partial charge on any atom is 0.0781 e. The van der Waals surface area contributed by atoms with E-state index in [1.807, 2.05) is 0 Å². The highest BCUT2D eigenvalue weighted by Gasteiger charge is 2.16. The minimum absolute atomic E-state index is 0.443. The summed E-state index contributed by atoms with van der Waals surface area (Å²) < 4.78 is 1.79. The zero-order valence-electron chi connectivity index (χ0n) is 11.9. The maximum atomic E-state index is 5.68. The monoisotopic (exact) mass is 271 g/mol. The van der Waals surface area contributed by atoms with Gasteiger partial charge in [0.2, 0.25) is 0 Å². The van der Waals surface area contributed by atoms with Crippen LogP contribution in [0.2, 0.25) is 0 Å². The van der Waals surface area contributed by atoms with Crippen molar-refractivity contribution in [1.82, 2.24) is 15.0 Å². The van der Waals surface area contributed by atoms with E-state index in [4.69, 9.17) is 5.73 Å². The Morgan fingerprint density at radius 1 is 1.15 bits per heavy atom. The van der Waals surface area contributed by atoms with Crippen molar-refractivity contribution in [2.45, 2.75) is 26.3 Å². The van der Waals surface area contributed by atoms with E-state index >= 15 is 0 Å². The first-order chi connectivity index (χ1) is 9.78. The second-order valence-electron chi connectivity index (χ2n) is 5.53. The van der Waals surface area contributed by atoms with Crippen LogP contribution in [-0.4, -0.2) is 28.1 Å². The van der Waals surface area contributed by atoms with Gasteiger partial charge in [-0.1, -0.05) is 12.1 Å². The fraction of sp³-hybridized carbons (Fsp3) is 0.467. The van der Waals surface area contributed by atoms with Crippen molar-refractivity contribution in [2.75, 3.05) is 18.0 Å². The molecule has 1 aliphatic rings. The summed E-state index contributed by atoms with van der Waals surface area (Å²) in [6.45, 7) is 5.08. The molecule has 2 heterocycles. The van der Waals surface area contributed by atoms with Crippen LogP contribution in [-0.2, 0) is 6.54 Å². The number of hydrogen-bond acceptors (Lipinski definition) is 4. The Morgan fingerprint density at radius 3 is 2.45 bits per heavy atom. The molecule has 5 heteroatoms. The molecule has 1 fully saturated rings. The molecular formula is C15H21N5. The molecule has 1 aromatic heterocycles. The average molecular weight is 271 g/mol. The summed E-state index contributed by atoms with van der Waals surface area (Å²) in [7, 11) is 0. The number of hydrogen-bond donors (Lipinski definition) is 1. The van der Waals surface area contributed by atoms with Gasteiger partial charge in [0, 0.05) is 25.3 Å². The van der Waals surface area contributed by atoms with Crippen LogP contribution in [0.25, 0.3) is 5.69 Å². The maximum absolute atomic E-state index is 5.68. The van der Waals surface area contributed by atoms with Gasteiger partial charge in [-0.05, 0) is 43.0 Å². The highest BCUT2D eigenvalue weighted by atomic mass is 15.4. The zero-order chi connectivity index (χ0) is 13.9. The molecule has 0 atom stereocenters. The van der Waals surface area contributed by atoms with Crippen molar-refractivity contribution in [3.05, 3.63) is 36.2 Å². The predicted octanol–water partition coefficient (Wildman–Crippen LogP) is 1.96. The Bertz CT molecular complexity index is 552. The molecule has 2 N–H and O–H groups in total. The number of aromatic nitrogens is 3. The smallest absolute Gasteiger partial charge is 0.0781 e. The molecule has 1 aromatic carbocycles. The number of piperidine rings is 1. The molecule has 1 saturated heterocycles. The highest BCUT2D eigenvalue weighted by molar-refractivity contribution is 5.51. The van der Waals surface area contributed by atoms with Gasteiger partial charge >= 0.3 is 0 Å². The van der Waals surface area contributed by atoms with Crippen LogP contribution >= 0.6 is 0 Å². The number of nitrogens with two attached hydrogens (primary N) is 1. The molecule has 106 valence electrons. The third kappa shape index (κ3) is 2.54. The minimum atomic E-state index is 0.443. The molecule has 0 bridgehead atoms. The molecule has 0 spiro atoms. The summed E-state index contributed by atoms with van der Waals surface area (Å²) in [4.78, 5) is 2.45. The summed E-state index contributed by atoms with van der Waals surface area (Å²) in [6.07, 6.45) is 4.27. The first-order valence-electron chi connectivity index (χ1n) is 7.23. The number of benzene rings is 1. The molecule has 20 heavy (non-hydrogen) atoms. The van der Waals surface area contributed by atoms with E-state index in [1.54, 1.807) is 10.9 Å². The Balaban J connectivity index is 1.78. The summed E-state index contributed by atoms with van der Waals surface area (Å²) >= 11 is 0. The van der Waals surface area contributed by atoms with Crippen molar-refractivity contribution in [2.24, 2.45) is 11.7 Å². The predicted molar refractivity (Wildman–Crippen MR) is 79.9 cm³/mol. The SMILES string of the molecule is CC1CCN(c2ccc(-n3nncc3CN)cc2)CC1. The fourth-order valence-electron chi connectivity index (χ4n) is 2.68. The van der Waals surface area contributed by atoms with Gasteiger partial charge < -0.3 is 10.6 Å². The number of rotatable bonds is 3. The van der Waals surface area contributed by atoms with E-state index in [2.05, 4.69) is 46.4 Å². The standard InChI is InChI=1S/C15H21N5/c1-12-6-8-19(9-7-12)13-2-4-14(5-3-13)20-15(10-16)11-17-18-20/h2-5,11-12H,6-10,16H2,1H3. The Labute approximate surface area is 119 Å². The van der Waals surface area contributed by atoms with Crippen LogP contribution in [0, 0.1) is 5.92 Å². The van der Waals surface area contributed by atoms with Gasteiger partial charge in [0.15, 0.2) is 0 Å². The molecular weight excluding hydrogens is 250 g/mol. The van der Waals surface area contributed by atoms with Crippen LogP contribution in [0.5, 0.6) is 0 Å². The largest absolute Gasteiger partial charge is 0.372 e. The first kappa shape index (κ1) is 13.1. The van der Waals surface area contributed by atoms with E-state index in [9.17, 15) is 0 Å². The molecule has 3 rings (SSSR count). The molecule has 0 aliphatic carbocycles. The Morgan fingerprint density at radius 2 is 1.80 bits per heavy atom. The van der Waals surface area contributed by atoms with E-state index in [1.165, 1.54) is 18.5 Å². The molecule has 0 radical (unpaired) electrons. The Hall–Kier alpha value is -1.88. The van der Waals surface area contributed by atoms with Crippen molar-refractivity contribution in [1.29, 1.82) is 0 Å². The van der Waals surface area contributed by atoms with Gasteiger partial charge in [-0.2, -0.15) is 0 Å². The van der Waals surface area contributed by atoms with Crippen molar-refractivity contribution < 1.29 is 0 Å². The van der Waals surface area contributed by atoms with Crippen LogP contribution in [0.4, 0.5) is 5.69 Å². The molecule has 2 aromatic rings. The summed E-state index contributed by atoms with van der Waals surface area (Å²) in [5, 5.41) is 7.99. The van der Waals surface area contributed by atoms with E-state index in [0.29, 0.717) is 6.54 Å². The summed E-state index contributed by atoms with van der Waals surface area (Å²) in [5.74, 6) is 0.854.